The number of esters is 1. The van der Waals surface area contributed by atoms with E-state index in [-0.39, 0.29) is 11.7 Å². The molecule has 1 aromatic rings. The topological polar surface area (TPSA) is 43.4 Å². The van der Waals surface area contributed by atoms with Crippen molar-refractivity contribution in [1.82, 2.24) is 0 Å². The zero-order chi connectivity index (χ0) is 13.7. The highest BCUT2D eigenvalue weighted by Crippen LogP contribution is 2.38. The molecule has 19 heavy (non-hydrogen) atoms. The second-order valence-electron chi connectivity index (χ2n) is 4.22. The van der Waals surface area contributed by atoms with E-state index in [9.17, 15) is 9.59 Å². The molecular formula is C15H16O3S. The molecule has 0 aliphatic heterocycles. The van der Waals surface area contributed by atoms with Gasteiger partial charge in [-0.15, -0.1) is 11.8 Å². The van der Waals surface area contributed by atoms with Crippen molar-refractivity contribution < 1.29 is 14.3 Å². The highest BCUT2D eigenvalue weighted by Gasteiger charge is 2.19. The van der Waals surface area contributed by atoms with Crippen LogP contribution in [0.1, 0.15) is 24.5 Å². The summed E-state index contributed by atoms with van der Waals surface area (Å²) >= 11 is 1.39. The maximum atomic E-state index is 11.4. The van der Waals surface area contributed by atoms with E-state index in [0.29, 0.717) is 6.61 Å². The molecule has 0 saturated carbocycles. The lowest BCUT2D eigenvalue weighted by atomic mass is 9.92. The number of rotatable bonds is 5. The summed E-state index contributed by atoms with van der Waals surface area (Å²) in [5.74, 6) is 0.00258. The predicted molar refractivity (Wildman–Crippen MR) is 76.8 cm³/mol. The predicted octanol–water partition coefficient (Wildman–Crippen LogP) is 2.84. The van der Waals surface area contributed by atoms with Crippen LogP contribution in [0, 0.1) is 0 Å². The fourth-order valence-corrected chi connectivity index (χ4v) is 3.17. The van der Waals surface area contributed by atoms with E-state index in [1.807, 2.05) is 18.2 Å². The van der Waals surface area contributed by atoms with Crippen LogP contribution < -0.4 is 0 Å². The van der Waals surface area contributed by atoms with Crippen LogP contribution in [0.25, 0.3) is 4.91 Å². The highest BCUT2D eigenvalue weighted by atomic mass is 32.2. The molecule has 0 N–H and O–H groups in total. The highest BCUT2D eigenvalue weighted by molar-refractivity contribution is 8.08. The average molecular weight is 276 g/mol. The Balaban J connectivity index is 2.21. The Labute approximate surface area is 117 Å². The van der Waals surface area contributed by atoms with Crippen LogP contribution in [-0.4, -0.2) is 24.6 Å². The number of carbonyl (C=O) groups excluding carboxylic acids is 2. The minimum absolute atomic E-state index is 0.242. The first-order valence-corrected chi connectivity index (χ1v) is 7.29. The molecule has 4 heteroatoms. The van der Waals surface area contributed by atoms with Gasteiger partial charge < -0.3 is 4.74 Å². The third-order valence-corrected chi connectivity index (χ3v) is 4.15. The first kappa shape index (κ1) is 13.9. The van der Waals surface area contributed by atoms with E-state index < -0.39 is 0 Å². The van der Waals surface area contributed by atoms with Crippen molar-refractivity contribution in [2.24, 2.45) is 0 Å². The van der Waals surface area contributed by atoms with Crippen LogP contribution in [-0.2, 0) is 20.7 Å². The molecule has 1 aliphatic carbocycles. The summed E-state index contributed by atoms with van der Waals surface area (Å²) in [5.41, 5.74) is 3.10. The van der Waals surface area contributed by atoms with Gasteiger partial charge in [0.05, 0.1) is 12.4 Å². The molecule has 0 fully saturated rings. The first-order valence-electron chi connectivity index (χ1n) is 6.31. The summed E-state index contributed by atoms with van der Waals surface area (Å²) in [6.07, 6.45) is 2.53. The molecule has 0 saturated heterocycles. The second kappa shape index (κ2) is 6.57. The van der Waals surface area contributed by atoms with Gasteiger partial charge in [0.15, 0.2) is 0 Å². The van der Waals surface area contributed by atoms with E-state index in [1.165, 1.54) is 17.3 Å². The van der Waals surface area contributed by atoms with Gasteiger partial charge in [-0.05, 0) is 30.9 Å². The Morgan fingerprint density at radius 3 is 2.89 bits per heavy atom. The summed E-state index contributed by atoms with van der Waals surface area (Å²) in [7, 11) is 0. The van der Waals surface area contributed by atoms with E-state index in [1.54, 1.807) is 6.92 Å². The first-order chi connectivity index (χ1) is 9.26. The number of aldehydes is 1. The molecule has 0 radical (unpaired) electrons. The summed E-state index contributed by atoms with van der Waals surface area (Å²) in [6, 6.07) is 8.03. The van der Waals surface area contributed by atoms with Gasteiger partial charge >= 0.3 is 5.97 Å². The zero-order valence-corrected chi connectivity index (χ0v) is 11.7. The van der Waals surface area contributed by atoms with Gasteiger partial charge in [-0.3, -0.25) is 9.59 Å². The molecular weight excluding hydrogens is 260 g/mol. The molecule has 0 bridgehead atoms. The summed E-state index contributed by atoms with van der Waals surface area (Å²) < 4.78 is 4.92. The van der Waals surface area contributed by atoms with Gasteiger partial charge in [0.1, 0.15) is 6.29 Å². The molecule has 0 unspecified atom stereocenters. The molecule has 0 spiro atoms. The van der Waals surface area contributed by atoms with Gasteiger partial charge in [-0.25, -0.2) is 0 Å². The third-order valence-electron chi connectivity index (χ3n) is 3.00. The summed E-state index contributed by atoms with van der Waals surface area (Å²) in [6.45, 7) is 2.17. The molecule has 0 heterocycles. The van der Waals surface area contributed by atoms with Crippen molar-refractivity contribution >= 4 is 28.9 Å². The van der Waals surface area contributed by atoms with Crippen molar-refractivity contribution in [3.8, 4) is 0 Å². The van der Waals surface area contributed by atoms with Crippen LogP contribution >= 0.6 is 11.8 Å². The van der Waals surface area contributed by atoms with Gasteiger partial charge in [0.2, 0.25) is 0 Å². The third kappa shape index (κ3) is 3.26. The van der Waals surface area contributed by atoms with Crippen LogP contribution in [0.2, 0.25) is 0 Å². The molecule has 3 nitrogen and oxygen atoms in total. The summed E-state index contributed by atoms with van der Waals surface area (Å²) in [5, 5.41) is 0. The largest absolute Gasteiger partial charge is 0.465 e. The van der Waals surface area contributed by atoms with Gasteiger partial charge in [-0.2, -0.15) is 0 Å². The Morgan fingerprint density at radius 2 is 2.16 bits per heavy atom. The lowest BCUT2D eigenvalue weighted by Gasteiger charge is -2.20. The SMILES string of the molecule is CCOC(=O)CSC1=C(C=O)CCc2ccccc21. The molecule has 1 aliphatic rings. The van der Waals surface area contributed by atoms with E-state index in [0.717, 1.165) is 35.2 Å². The molecule has 0 atom stereocenters. The Bertz CT molecular complexity index is 520. The van der Waals surface area contributed by atoms with Gasteiger partial charge in [-0.1, -0.05) is 24.3 Å². The number of hydrogen-bond acceptors (Lipinski definition) is 4. The number of thioether (sulfide) groups is 1. The van der Waals surface area contributed by atoms with Crippen LogP contribution in [0.4, 0.5) is 0 Å². The average Bonchev–Trinajstić information content (AvgIpc) is 2.44. The lowest BCUT2D eigenvalue weighted by molar-refractivity contribution is -0.139. The number of benzene rings is 1. The Kier molecular flexibility index (Phi) is 4.80. The summed E-state index contributed by atoms with van der Waals surface area (Å²) in [4.78, 5) is 23.5. The quantitative estimate of drug-likeness (QED) is 0.612. The van der Waals surface area contributed by atoms with Gasteiger partial charge in [0.25, 0.3) is 0 Å². The molecule has 2 rings (SSSR count). The standard InChI is InChI=1S/C15H16O3S/c1-2-18-14(17)10-19-15-12(9-16)8-7-11-5-3-4-6-13(11)15/h3-6,9H,2,7-8,10H2,1H3. The lowest BCUT2D eigenvalue weighted by Crippen LogP contribution is -2.09. The fourth-order valence-electron chi connectivity index (χ4n) is 2.13. The molecule has 1 aromatic carbocycles. The smallest absolute Gasteiger partial charge is 0.316 e. The van der Waals surface area contributed by atoms with Crippen LogP contribution in [0.15, 0.2) is 29.8 Å². The van der Waals surface area contributed by atoms with Crippen molar-refractivity contribution in [2.45, 2.75) is 19.8 Å². The Hall–Kier alpha value is -1.55. The number of fused-ring (bicyclic) bond motifs is 1. The van der Waals surface area contributed by atoms with Crippen molar-refractivity contribution in [3.63, 3.8) is 0 Å². The van der Waals surface area contributed by atoms with Crippen molar-refractivity contribution in [1.29, 1.82) is 0 Å². The van der Waals surface area contributed by atoms with E-state index >= 15 is 0 Å². The number of carbonyl (C=O) groups is 2. The number of ether oxygens (including phenoxy) is 1. The van der Waals surface area contributed by atoms with Crippen molar-refractivity contribution in [3.05, 3.63) is 41.0 Å². The minimum atomic E-state index is -0.242. The van der Waals surface area contributed by atoms with Gasteiger partial charge in [0, 0.05) is 10.5 Å². The number of hydrogen-bond donors (Lipinski definition) is 0. The van der Waals surface area contributed by atoms with Crippen LogP contribution in [0.5, 0.6) is 0 Å². The number of aryl methyl sites for hydroxylation is 1. The normalized spacial score (nSPS) is 13.9. The maximum absolute atomic E-state index is 11.4. The van der Waals surface area contributed by atoms with Crippen LogP contribution in [0.3, 0.4) is 0 Å². The fraction of sp³-hybridized carbons (Fsp3) is 0.333. The molecule has 100 valence electrons. The molecule has 0 aromatic heterocycles. The number of allylic oxidation sites excluding steroid dienone is 1. The zero-order valence-electron chi connectivity index (χ0n) is 10.8. The van der Waals surface area contributed by atoms with E-state index in [2.05, 4.69) is 6.07 Å². The molecule has 0 amide bonds. The monoisotopic (exact) mass is 276 g/mol. The second-order valence-corrected chi connectivity index (χ2v) is 5.21. The minimum Gasteiger partial charge on any atom is -0.465 e. The van der Waals surface area contributed by atoms with E-state index in [4.69, 9.17) is 4.74 Å². The Morgan fingerprint density at radius 1 is 1.37 bits per heavy atom. The maximum Gasteiger partial charge on any atom is 0.316 e. The van der Waals surface area contributed by atoms with Crippen molar-refractivity contribution in [2.75, 3.05) is 12.4 Å².